The van der Waals surface area contributed by atoms with E-state index < -0.39 is 0 Å². The Morgan fingerprint density at radius 3 is 2.69 bits per heavy atom. The summed E-state index contributed by atoms with van der Waals surface area (Å²) in [5, 5.41) is 0. The van der Waals surface area contributed by atoms with Crippen LogP contribution in [0.1, 0.15) is 32.0 Å². The van der Waals surface area contributed by atoms with Gasteiger partial charge in [-0.3, -0.25) is 4.79 Å². The van der Waals surface area contributed by atoms with E-state index in [0.717, 1.165) is 30.7 Å². The highest BCUT2D eigenvalue weighted by molar-refractivity contribution is 5.81. The lowest BCUT2D eigenvalue weighted by molar-refractivity contribution is -0.137. The summed E-state index contributed by atoms with van der Waals surface area (Å²) in [6.45, 7) is 7.17. The summed E-state index contributed by atoms with van der Waals surface area (Å²) in [6, 6.07) is 0. The minimum Gasteiger partial charge on any atom is -0.471 e. The summed E-state index contributed by atoms with van der Waals surface area (Å²) in [5.41, 5.74) is 2.14. The largest absolute Gasteiger partial charge is 0.471 e. The zero-order valence-corrected chi connectivity index (χ0v) is 18.4. The van der Waals surface area contributed by atoms with E-state index in [4.69, 9.17) is 14.5 Å². The third-order valence-electron chi connectivity index (χ3n) is 6.16. The van der Waals surface area contributed by atoms with E-state index in [9.17, 15) is 4.79 Å². The minimum atomic E-state index is -0.116. The molecule has 1 atom stereocenters. The quantitative estimate of drug-likeness (QED) is 0.597. The number of imidazole rings is 1. The average molecular weight is 438 g/mol. The van der Waals surface area contributed by atoms with Crippen LogP contribution in [-0.2, 0) is 16.1 Å². The Morgan fingerprint density at radius 1 is 1.16 bits per heavy atom. The summed E-state index contributed by atoms with van der Waals surface area (Å²) < 4.78 is 13.6. The molecule has 1 amide bonds. The molecule has 3 aromatic rings. The molecule has 2 saturated heterocycles. The van der Waals surface area contributed by atoms with Gasteiger partial charge in [-0.25, -0.2) is 19.9 Å². The van der Waals surface area contributed by atoms with Crippen molar-refractivity contribution in [1.82, 2.24) is 34.4 Å². The molecule has 0 saturated carbocycles. The lowest BCUT2D eigenvalue weighted by atomic mass is 9.99. The molecule has 0 N–H and O–H groups in total. The van der Waals surface area contributed by atoms with Gasteiger partial charge in [-0.05, 0) is 26.7 Å². The van der Waals surface area contributed by atoms with E-state index in [1.807, 2.05) is 23.3 Å². The molecule has 10 heteroatoms. The van der Waals surface area contributed by atoms with Gasteiger partial charge in [0.1, 0.15) is 24.1 Å². The first-order chi connectivity index (χ1) is 15.6. The summed E-state index contributed by atoms with van der Waals surface area (Å²) in [6.07, 6.45) is 7.28. The van der Waals surface area contributed by atoms with Crippen LogP contribution in [0.15, 0.2) is 18.7 Å². The fourth-order valence-electron chi connectivity index (χ4n) is 4.42. The molecule has 32 heavy (non-hydrogen) atoms. The van der Waals surface area contributed by atoms with E-state index in [0.29, 0.717) is 55.7 Å². The molecule has 0 bridgehead atoms. The molecule has 0 spiro atoms. The van der Waals surface area contributed by atoms with Gasteiger partial charge < -0.3 is 18.9 Å². The standard InChI is InChI=1S/C22H27N7O3/c1-3-29-19(16-10-23-14(2)24-11-16)27-18-20(29)25-13-26-21(18)32-17-4-7-28(12-17)22(30)15-5-8-31-9-6-15/h10-11,13,15,17H,3-9,12H2,1-2H3. The van der Waals surface area contributed by atoms with Crippen LogP contribution in [0.3, 0.4) is 0 Å². The van der Waals surface area contributed by atoms with Gasteiger partial charge in [0.15, 0.2) is 11.2 Å². The fraction of sp³-hybridized carbons (Fsp3) is 0.545. The Bertz CT molecular complexity index is 1110. The van der Waals surface area contributed by atoms with E-state index in [-0.39, 0.29) is 17.9 Å². The number of nitrogens with zero attached hydrogens (tertiary/aromatic N) is 7. The van der Waals surface area contributed by atoms with Crippen molar-refractivity contribution < 1.29 is 14.3 Å². The number of ether oxygens (including phenoxy) is 2. The Kier molecular flexibility index (Phi) is 5.69. The van der Waals surface area contributed by atoms with Gasteiger partial charge in [-0.15, -0.1) is 0 Å². The average Bonchev–Trinajstić information content (AvgIpc) is 3.45. The highest BCUT2D eigenvalue weighted by atomic mass is 16.5. The van der Waals surface area contributed by atoms with Crippen LogP contribution in [0.4, 0.5) is 0 Å². The molecule has 2 aliphatic rings. The van der Waals surface area contributed by atoms with Gasteiger partial charge in [0.05, 0.1) is 12.1 Å². The third kappa shape index (κ3) is 3.90. The number of hydrogen-bond donors (Lipinski definition) is 0. The van der Waals surface area contributed by atoms with Crippen LogP contribution in [-0.4, -0.2) is 72.7 Å². The molecule has 0 aromatic carbocycles. The van der Waals surface area contributed by atoms with Crippen LogP contribution in [0.5, 0.6) is 5.88 Å². The van der Waals surface area contributed by atoms with Crippen molar-refractivity contribution in [3.8, 4) is 17.3 Å². The molecule has 0 aliphatic carbocycles. The maximum Gasteiger partial charge on any atom is 0.245 e. The predicted molar refractivity (Wildman–Crippen MR) is 116 cm³/mol. The van der Waals surface area contributed by atoms with Crippen molar-refractivity contribution in [2.45, 2.75) is 45.8 Å². The van der Waals surface area contributed by atoms with Crippen LogP contribution in [0.2, 0.25) is 0 Å². The lowest BCUT2D eigenvalue weighted by Gasteiger charge is -2.26. The maximum absolute atomic E-state index is 12.8. The lowest BCUT2D eigenvalue weighted by Crippen LogP contribution is -2.38. The first-order valence-electron chi connectivity index (χ1n) is 11.2. The second-order valence-corrected chi connectivity index (χ2v) is 8.25. The monoisotopic (exact) mass is 437 g/mol. The van der Waals surface area contributed by atoms with E-state index in [1.54, 1.807) is 12.4 Å². The molecule has 2 aliphatic heterocycles. The van der Waals surface area contributed by atoms with Gasteiger partial charge >= 0.3 is 0 Å². The van der Waals surface area contributed by atoms with Crippen LogP contribution in [0, 0.1) is 12.8 Å². The maximum atomic E-state index is 12.8. The summed E-state index contributed by atoms with van der Waals surface area (Å²) in [7, 11) is 0. The molecular weight excluding hydrogens is 410 g/mol. The number of rotatable bonds is 5. The number of hydrogen-bond acceptors (Lipinski definition) is 8. The van der Waals surface area contributed by atoms with Gasteiger partial charge in [-0.1, -0.05) is 0 Å². The van der Waals surface area contributed by atoms with E-state index >= 15 is 0 Å². The Hall–Kier alpha value is -3.14. The summed E-state index contributed by atoms with van der Waals surface area (Å²) in [4.78, 5) is 36.9. The number of likely N-dealkylation sites (tertiary alicyclic amines) is 1. The number of aromatic nitrogens is 6. The first-order valence-corrected chi connectivity index (χ1v) is 11.2. The number of aryl methyl sites for hydroxylation is 2. The van der Waals surface area contributed by atoms with Crippen LogP contribution in [0.25, 0.3) is 22.6 Å². The third-order valence-corrected chi connectivity index (χ3v) is 6.16. The second-order valence-electron chi connectivity index (χ2n) is 8.25. The van der Waals surface area contributed by atoms with Gasteiger partial charge in [0, 0.05) is 51.0 Å². The smallest absolute Gasteiger partial charge is 0.245 e. The molecule has 0 radical (unpaired) electrons. The zero-order chi connectivity index (χ0) is 22.1. The summed E-state index contributed by atoms with van der Waals surface area (Å²) >= 11 is 0. The minimum absolute atomic E-state index is 0.0628. The van der Waals surface area contributed by atoms with Gasteiger partial charge in [0.25, 0.3) is 0 Å². The summed E-state index contributed by atoms with van der Waals surface area (Å²) in [5.74, 6) is 2.16. The van der Waals surface area contributed by atoms with Crippen molar-refractivity contribution in [2.75, 3.05) is 26.3 Å². The van der Waals surface area contributed by atoms with Crippen molar-refractivity contribution in [2.24, 2.45) is 5.92 Å². The topological polar surface area (TPSA) is 108 Å². The Labute approximate surface area is 186 Å². The molecule has 2 fully saturated rings. The molecule has 5 heterocycles. The van der Waals surface area contributed by atoms with E-state index in [2.05, 4.69) is 19.9 Å². The van der Waals surface area contributed by atoms with Crippen LogP contribution < -0.4 is 4.74 Å². The zero-order valence-electron chi connectivity index (χ0n) is 18.4. The normalized spacial score (nSPS) is 19.6. The highest BCUT2D eigenvalue weighted by Gasteiger charge is 2.33. The molecule has 5 rings (SSSR count). The Morgan fingerprint density at radius 2 is 1.94 bits per heavy atom. The SMILES string of the molecule is CCn1c(-c2cnc(C)nc2)nc2c(OC3CCN(C(=O)C4CCOCC4)C3)ncnc21. The predicted octanol–water partition coefficient (Wildman–Crippen LogP) is 2.02. The number of fused-ring (bicyclic) bond motifs is 1. The molecular formula is C22H27N7O3. The molecule has 1 unspecified atom stereocenters. The first kappa shape index (κ1) is 20.7. The van der Waals surface area contributed by atoms with Gasteiger partial charge in [-0.2, -0.15) is 4.98 Å². The number of carbonyl (C=O) groups excluding carboxylic acids is 1. The van der Waals surface area contributed by atoms with Gasteiger partial charge in [0.2, 0.25) is 11.8 Å². The van der Waals surface area contributed by atoms with Crippen molar-refractivity contribution >= 4 is 17.1 Å². The Balaban J connectivity index is 1.37. The molecule has 168 valence electrons. The van der Waals surface area contributed by atoms with Crippen LogP contribution >= 0.6 is 0 Å². The van der Waals surface area contributed by atoms with Crippen molar-refractivity contribution in [3.63, 3.8) is 0 Å². The highest BCUT2D eigenvalue weighted by Crippen LogP contribution is 2.29. The fourth-order valence-corrected chi connectivity index (χ4v) is 4.42. The molecule has 10 nitrogen and oxygen atoms in total. The second kappa shape index (κ2) is 8.78. The van der Waals surface area contributed by atoms with Crippen molar-refractivity contribution in [3.05, 3.63) is 24.5 Å². The number of carbonyl (C=O) groups is 1. The van der Waals surface area contributed by atoms with E-state index in [1.165, 1.54) is 6.33 Å². The molecule has 3 aromatic heterocycles. The number of amides is 1. The van der Waals surface area contributed by atoms with Crippen molar-refractivity contribution in [1.29, 1.82) is 0 Å².